The first-order valence-corrected chi connectivity index (χ1v) is 9.40. The van der Waals surface area contributed by atoms with Gasteiger partial charge in [0.2, 0.25) is 0 Å². The molecule has 3 aliphatic rings. The first-order valence-electron chi connectivity index (χ1n) is 9.40. The highest BCUT2D eigenvalue weighted by Crippen LogP contribution is 2.36. The average molecular weight is 299 g/mol. The topological polar surface area (TPSA) is 12.5 Å². The molecule has 1 aromatic rings. The van der Waals surface area contributed by atoms with E-state index in [4.69, 9.17) is 4.74 Å². The van der Waals surface area contributed by atoms with Gasteiger partial charge in [0.1, 0.15) is 12.5 Å². The lowest BCUT2D eigenvalue weighted by Gasteiger charge is -2.37. The van der Waals surface area contributed by atoms with E-state index in [0.29, 0.717) is 0 Å². The Kier molecular flexibility index (Phi) is 4.38. The van der Waals surface area contributed by atoms with Crippen LogP contribution in [0.4, 0.5) is 0 Å². The summed E-state index contributed by atoms with van der Waals surface area (Å²) in [6.45, 7) is 1.89. The second kappa shape index (κ2) is 6.62. The van der Waals surface area contributed by atoms with Crippen LogP contribution in [0.3, 0.4) is 0 Å². The van der Waals surface area contributed by atoms with E-state index in [2.05, 4.69) is 23.1 Å². The number of benzene rings is 1. The normalized spacial score (nSPS) is 24.7. The van der Waals surface area contributed by atoms with Gasteiger partial charge in [0.05, 0.1) is 0 Å². The van der Waals surface area contributed by atoms with E-state index in [0.717, 1.165) is 31.0 Å². The first-order chi connectivity index (χ1) is 10.9. The molecule has 22 heavy (non-hydrogen) atoms. The summed E-state index contributed by atoms with van der Waals surface area (Å²) in [7, 11) is 0. The second-order valence-corrected chi connectivity index (χ2v) is 7.51. The Morgan fingerprint density at radius 1 is 0.864 bits per heavy atom. The zero-order valence-electron chi connectivity index (χ0n) is 13.7. The van der Waals surface area contributed by atoms with Gasteiger partial charge >= 0.3 is 0 Å². The van der Waals surface area contributed by atoms with E-state index < -0.39 is 0 Å². The minimum Gasteiger partial charge on any atom is -0.478 e. The van der Waals surface area contributed by atoms with Crippen molar-refractivity contribution in [1.82, 2.24) is 4.90 Å². The summed E-state index contributed by atoms with van der Waals surface area (Å²) in [5.74, 6) is 1.93. The lowest BCUT2D eigenvalue weighted by Crippen LogP contribution is -2.41. The maximum Gasteiger partial charge on any atom is 0.142 e. The monoisotopic (exact) mass is 299 g/mol. The zero-order valence-corrected chi connectivity index (χ0v) is 13.7. The molecule has 2 fully saturated rings. The van der Waals surface area contributed by atoms with Crippen molar-refractivity contribution in [2.75, 3.05) is 6.73 Å². The van der Waals surface area contributed by atoms with Crippen LogP contribution in [0, 0.1) is 0 Å². The molecule has 0 amide bonds. The molecule has 2 nitrogen and oxygen atoms in total. The Labute approximate surface area is 134 Å². The summed E-state index contributed by atoms with van der Waals surface area (Å²) in [6.07, 6.45) is 14.0. The van der Waals surface area contributed by atoms with Crippen LogP contribution in [0.1, 0.15) is 81.3 Å². The van der Waals surface area contributed by atoms with Gasteiger partial charge in [-0.1, -0.05) is 50.7 Å². The van der Waals surface area contributed by atoms with Crippen molar-refractivity contribution in [2.45, 2.75) is 82.7 Å². The predicted octanol–water partition coefficient (Wildman–Crippen LogP) is 5.22. The molecule has 2 heteroatoms. The summed E-state index contributed by atoms with van der Waals surface area (Å²) in [6, 6.07) is 7.77. The third-order valence-corrected chi connectivity index (χ3v) is 6.01. The van der Waals surface area contributed by atoms with E-state index in [9.17, 15) is 0 Å². The molecule has 0 atom stereocenters. The molecule has 0 saturated heterocycles. The molecule has 2 aliphatic carbocycles. The molecule has 2 saturated carbocycles. The third-order valence-electron chi connectivity index (χ3n) is 6.01. The van der Waals surface area contributed by atoms with Crippen LogP contribution in [-0.2, 0) is 6.54 Å². The van der Waals surface area contributed by atoms with Crippen LogP contribution in [0.5, 0.6) is 5.75 Å². The number of rotatable bonds is 2. The molecule has 0 aromatic heterocycles. The Morgan fingerprint density at radius 2 is 1.59 bits per heavy atom. The number of fused-ring (bicyclic) bond motifs is 1. The van der Waals surface area contributed by atoms with Crippen LogP contribution in [0.15, 0.2) is 18.2 Å². The van der Waals surface area contributed by atoms with Crippen molar-refractivity contribution in [3.63, 3.8) is 0 Å². The van der Waals surface area contributed by atoms with Crippen LogP contribution >= 0.6 is 0 Å². The van der Waals surface area contributed by atoms with Crippen LogP contribution in [0.25, 0.3) is 0 Å². The largest absolute Gasteiger partial charge is 0.478 e. The van der Waals surface area contributed by atoms with Gasteiger partial charge in [-0.25, -0.2) is 0 Å². The quantitative estimate of drug-likeness (QED) is 0.742. The SMILES string of the molecule is c1cc2c(cc1C1CCCCC1)CN(C1CCCCC1)CO2. The smallest absolute Gasteiger partial charge is 0.142 e. The van der Waals surface area contributed by atoms with Crippen molar-refractivity contribution in [3.8, 4) is 5.75 Å². The molecule has 4 rings (SSSR count). The summed E-state index contributed by atoms with van der Waals surface area (Å²) < 4.78 is 6.06. The van der Waals surface area contributed by atoms with Crippen molar-refractivity contribution in [1.29, 1.82) is 0 Å². The lowest BCUT2D eigenvalue weighted by atomic mass is 9.83. The van der Waals surface area contributed by atoms with Gasteiger partial charge in [0.15, 0.2) is 0 Å². The highest BCUT2D eigenvalue weighted by molar-refractivity contribution is 5.39. The molecule has 0 spiro atoms. The number of ether oxygens (including phenoxy) is 1. The second-order valence-electron chi connectivity index (χ2n) is 7.51. The van der Waals surface area contributed by atoms with Crippen molar-refractivity contribution in [2.24, 2.45) is 0 Å². The van der Waals surface area contributed by atoms with E-state index >= 15 is 0 Å². The number of hydrogen-bond donors (Lipinski definition) is 0. The molecule has 1 aliphatic heterocycles. The molecule has 0 radical (unpaired) electrons. The average Bonchev–Trinajstić information content (AvgIpc) is 2.62. The van der Waals surface area contributed by atoms with Crippen molar-refractivity contribution in [3.05, 3.63) is 29.3 Å². The van der Waals surface area contributed by atoms with E-state index in [1.165, 1.54) is 69.8 Å². The van der Waals surface area contributed by atoms with Gasteiger partial charge in [-0.3, -0.25) is 4.90 Å². The van der Waals surface area contributed by atoms with Crippen molar-refractivity contribution >= 4 is 0 Å². The van der Waals surface area contributed by atoms with Gasteiger partial charge in [-0.15, -0.1) is 0 Å². The third kappa shape index (κ3) is 3.03. The molecule has 120 valence electrons. The Morgan fingerprint density at radius 3 is 2.36 bits per heavy atom. The molecule has 1 heterocycles. The molecule has 0 unspecified atom stereocenters. The maximum atomic E-state index is 6.06. The van der Waals surface area contributed by atoms with Crippen LogP contribution < -0.4 is 4.74 Å². The van der Waals surface area contributed by atoms with Gasteiger partial charge in [0, 0.05) is 18.2 Å². The van der Waals surface area contributed by atoms with Crippen LogP contribution in [0.2, 0.25) is 0 Å². The molecular weight excluding hydrogens is 270 g/mol. The lowest BCUT2D eigenvalue weighted by molar-refractivity contribution is 0.0402. The predicted molar refractivity (Wildman–Crippen MR) is 90.2 cm³/mol. The van der Waals surface area contributed by atoms with Gasteiger partial charge < -0.3 is 4.74 Å². The van der Waals surface area contributed by atoms with E-state index in [1.807, 2.05) is 0 Å². The minimum atomic E-state index is 0.750. The summed E-state index contributed by atoms with van der Waals surface area (Å²) in [4.78, 5) is 2.58. The fourth-order valence-electron chi connectivity index (χ4n) is 4.65. The first kappa shape index (κ1) is 14.6. The summed E-state index contributed by atoms with van der Waals surface area (Å²) in [5, 5.41) is 0. The molecule has 0 N–H and O–H groups in total. The van der Waals surface area contributed by atoms with E-state index in [1.54, 1.807) is 5.56 Å². The standard InChI is InChI=1S/C20H29NO/c1-3-7-16(8-4-1)17-11-12-20-18(13-17)14-21(15-22-20)19-9-5-2-6-10-19/h11-13,16,19H,1-10,14-15H2. The van der Waals surface area contributed by atoms with E-state index in [-0.39, 0.29) is 0 Å². The fourth-order valence-corrected chi connectivity index (χ4v) is 4.65. The molecule has 0 bridgehead atoms. The van der Waals surface area contributed by atoms with Gasteiger partial charge in [0.25, 0.3) is 0 Å². The zero-order chi connectivity index (χ0) is 14.8. The number of hydrogen-bond acceptors (Lipinski definition) is 2. The minimum absolute atomic E-state index is 0.750. The summed E-state index contributed by atoms with van der Waals surface area (Å²) in [5.41, 5.74) is 2.99. The maximum absolute atomic E-state index is 6.06. The molecular formula is C20H29NO. The Balaban J connectivity index is 1.49. The number of nitrogens with zero attached hydrogens (tertiary/aromatic N) is 1. The van der Waals surface area contributed by atoms with Gasteiger partial charge in [-0.05, 0) is 43.2 Å². The van der Waals surface area contributed by atoms with Gasteiger partial charge in [-0.2, -0.15) is 0 Å². The Hall–Kier alpha value is -1.02. The fraction of sp³-hybridized carbons (Fsp3) is 0.700. The highest BCUT2D eigenvalue weighted by atomic mass is 16.5. The van der Waals surface area contributed by atoms with Crippen molar-refractivity contribution < 1.29 is 4.74 Å². The summed E-state index contributed by atoms with van der Waals surface area (Å²) >= 11 is 0. The Bertz CT molecular complexity index is 500. The highest BCUT2D eigenvalue weighted by Gasteiger charge is 2.26. The van der Waals surface area contributed by atoms with Crippen LogP contribution in [-0.4, -0.2) is 17.7 Å². The molecule has 1 aromatic carbocycles.